The first-order valence-corrected chi connectivity index (χ1v) is 12.1. The number of methoxy groups -OCH3 is 1. The Hall–Kier alpha value is -3.37. The summed E-state index contributed by atoms with van der Waals surface area (Å²) in [6.45, 7) is 3.62. The van der Waals surface area contributed by atoms with Gasteiger partial charge >= 0.3 is 5.97 Å². The van der Waals surface area contributed by atoms with E-state index in [4.69, 9.17) is 13.9 Å². The fourth-order valence-electron chi connectivity index (χ4n) is 4.41. The third-order valence-electron chi connectivity index (χ3n) is 6.14. The number of rotatable bonds is 7. The second kappa shape index (κ2) is 9.47. The summed E-state index contributed by atoms with van der Waals surface area (Å²) in [5, 5.41) is 15.6. The molecule has 0 aliphatic carbocycles. The molecule has 1 atom stereocenters. The van der Waals surface area contributed by atoms with E-state index in [0.717, 1.165) is 16.2 Å². The maximum absolute atomic E-state index is 12.2. The monoisotopic (exact) mass is 482 g/mol. The number of likely N-dealkylation sites (tertiary alicyclic amines) is 1. The minimum atomic E-state index is -0.213. The van der Waals surface area contributed by atoms with Crippen molar-refractivity contribution < 1.29 is 23.8 Å². The van der Waals surface area contributed by atoms with Crippen LogP contribution in [-0.4, -0.2) is 57.4 Å². The van der Waals surface area contributed by atoms with Crippen molar-refractivity contribution in [2.75, 3.05) is 26.8 Å². The van der Waals surface area contributed by atoms with E-state index in [9.17, 15) is 9.90 Å². The average molecular weight is 483 g/mol. The van der Waals surface area contributed by atoms with E-state index in [-0.39, 0.29) is 23.8 Å². The molecule has 0 amide bonds. The summed E-state index contributed by atoms with van der Waals surface area (Å²) in [6, 6.07) is 11.2. The number of aromatic hydroxyl groups is 1. The molecule has 0 saturated carbocycles. The van der Waals surface area contributed by atoms with Crippen molar-refractivity contribution >= 4 is 22.3 Å². The second-order valence-corrected chi connectivity index (χ2v) is 9.14. The number of ether oxygens (including phenoxy) is 2. The number of esters is 1. The van der Waals surface area contributed by atoms with Gasteiger partial charge in [-0.25, -0.2) is 0 Å². The van der Waals surface area contributed by atoms with E-state index in [1.807, 2.05) is 31.2 Å². The van der Waals surface area contributed by atoms with Gasteiger partial charge in [0.05, 0.1) is 36.8 Å². The molecule has 4 heterocycles. The molecule has 1 aromatic carbocycles. The van der Waals surface area contributed by atoms with Gasteiger partial charge in [0.2, 0.25) is 16.7 Å². The molecule has 1 aliphatic rings. The Kier molecular flexibility index (Phi) is 6.25. The third kappa shape index (κ3) is 4.14. The summed E-state index contributed by atoms with van der Waals surface area (Å²) in [4.78, 5) is 20.4. The first kappa shape index (κ1) is 22.4. The topological polar surface area (TPSA) is 102 Å². The summed E-state index contributed by atoms with van der Waals surface area (Å²) in [7, 11) is 1.63. The Bertz CT molecular complexity index is 1260. The fourth-order valence-corrected chi connectivity index (χ4v) is 5.52. The average Bonchev–Trinajstić information content (AvgIpc) is 3.59. The molecular formula is C24H26N4O5S. The number of nitrogens with zero attached hydrogens (tertiary/aromatic N) is 4. The van der Waals surface area contributed by atoms with Crippen molar-refractivity contribution in [3.63, 3.8) is 0 Å². The lowest BCUT2D eigenvalue weighted by Gasteiger charge is -2.36. The van der Waals surface area contributed by atoms with Crippen molar-refractivity contribution in [2.24, 2.45) is 5.92 Å². The first-order chi connectivity index (χ1) is 16.6. The van der Waals surface area contributed by atoms with Crippen LogP contribution in [0.15, 0.2) is 47.1 Å². The quantitative estimate of drug-likeness (QED) is 0.392. The van der Waals surface area contributed by atoms with Crippen LogP contribution in [-0.2, 0) is 9.53 Å². The Balaban J connectivity index is 1.48. The van der Waals surface area contributed by atoms with E-state index >= 15 is 0 Å². The van der Waals surface area contributed by atoms with E-state index in [1.54, 1.807) is 25.5 Å². The maximum Gasteiger partial charge on any atom is 0.309 e. The summed E-state index contributed by atoms with van der Waals surface area (Å²) in [5.74, 6) is 1.56. The van der Waals surface area contributed by atoms with Gasteiger partial charge in [-0.05, 0) is 62.7 Å². The molecule has 1 saturated heterocycles. The van der Waals surface area contributed by atoms with Gasteiger partial charge in [-0.3, -0.25) is 9.69 Å². The molecule has 1 aliphatic heterocycles. The summed E-state index contributed by atoms with van der Waals surface area (Å²) in [5.41, 5.74) is 1.02. The predicted molar refractivity (Wildman–Crippen MR) is 126 cm³/mol. The highest BCUT2D eigenvalue weighted by Crippen LogP contribution is 2.42. The molecular weight excluding hydrogens is 456 g/mol. The van der Waals surface area contributed by atoms with Crippen molar-refractivity contribution in [1.29, 1.82) is 0 Å². The van der Waals surface area contributed by atoms with Crippen molar-refractivity contribution in [3.05, 3.63) is 53.1 Å². The van der Waals surface area contributed by atoms with Crippen LogP contribution in [0.2, 0.25) is 0 Å². The van der Waals surface area contributed by atoms with Gasteiger partial charge in [0.1, 0.15) is 5.75 Å². The zero-order chi connectivity index (χ0) is 23.7. The van der Waals surface area contributed by atoms with Crippen LogP contribution in [0, 0.1) is 5.92 Å². The summed E-state index contributed by atoms with van der Waals surface area (Å²) < 4.78 is 17.4. The van der Waals surface area contributed by atoms with Crippen molar-refractivity contribution in [3.8, 4) is 23.2 Å². The molecule has 0 unspecified atom stereocenters. The lowest BCUT2D eigenvalue weighted by Crippen LogP contribution is -2.39. The fraction of sp³-hybridized carbons (Fsp3) is 0.375. The molecule has 5 rings (SSSR count). The minimum absolute atomic E-state index is 0.0543. The SMILES string of the molecule is CCOC(=O)C1CCN([C@H](c2ccc(OC)cc2)c2sc3nc(-c4ccco4)nn3c2O)CC1. The van der Waals surface area contributed by atoms with E-state index in [2.05, 4.69) is 15.0 Å². The molecule has 0 bridgehead atoms. The number of carbonyl (C=O) groups excluding carboxylic acids is 1. The largest absolute Gasteiger partial charge is 0.497 e. The van der Waals surface area contributed by atoms with Gasteiger partial charge < -0.3 is 19.0 Å². The molecule has 10 heteroatoms. The summed E-state index contributed by atoms with van der Waals surface area (Å²) in [6.07, 6.45) is 2.97. The predicted octanol–water partition coefficient (Wildman–Crippen LogP) is 4.13. The number of fused-ring (bicyclic) bond motifs is 1. The highest BCUT2D eigenvalue weighted by atomic mass is 32.1. The van der Waals surface area contributed by atoms with Crippen LogP contribution in [0.25, 0.3) is 16.5 Å². The zero-order valence-corrected chi connectivity index (χ0v) is 19.8. The molecule has 0 spiro atoms. The number of benzene rings is 1. The first-order valence-electron chi connectivity index (χ1n) is 11.3. The van der Waals surface area contributed by atoms with Gasteiger partial charge in [-0.2, -0.15) is 9.50 Å². The molecule has 4 aromatic rings. The molecule has 3 aromatic heterocycles. The van der Waals surface area contributed by atoms with Gasteiger partial charge in [0.25, 0.3) is 0 Å². The highest BCUT2D eigenvalue weighted by Gasteiger charge is 2.34. The highest BCUT2D eigenvalue weighted by molar-refractivity contribution is 7.17. The Morgan fingerprint density at radius 2 is 2.03 bits per heavy atom. The second-order valence-electron chi connectivity index (χ2n) is 8.13. The molecule has 1 fully saturated rings. The Morgan fingerprint density at radius 3 is 2.65 bits per heavy atom. The normalized spacial score (nSPS) is 16.1. The number of thiazole rings is 1. The standard InChI is InChI=1S/C24H26N4O5S/c1-3-32-23(30)16-10-12-27(13-11-16)19(15-6-8-17(31-2)9-7-15)20-22(29)28-24(34-20)25-21(26-28)18-5-4-14-33-18/h4-9,14,16,19,29H,3,10-13H2,1-2H3/t19-/m1/s1. The van der Waals surface area contributed by atoms with E-state index < -0.39 is 0 Å². The lowest BCUT2D eigenvalue weighted by atomic mass is 9.93. The van der Waals surface area contributed by atoms with Crippen LogP contribution in [0.5, 0.6) is 11.6 Å². The number of aromatic nitrogens is 3. The van der Waals surface area contributed by atoms with Crippen LogP contribution in [0.1, 0.15) is 36.2 Å². The minimum Gasteiger partial charge on any atom is -0.497 e. The number of carbonyl (C=O) groups is 1. The van der Waals surface area contributed by atoms with Gasteiger partial charge in [-0.15, -0.1) is 5.10 Å². The molecule has 0 radical (unpaired) electrons. The Labute approximate surface area is 200 Å². The number of furan rings is 1. The Morgan fingerprint density at radius 1 is 1.26 bits per heavy atom. The molecule has 178 valence electrons. The van der Waals surface area contributed by atoms with Gasteiger partial charge in [0.15, 0.2) is 5.76 Å². The van der Waals surface area contributed by atoms with Gasteiger partial charge in [0, 0.05) is 0 Å². The van der Waals surface area contributed by atoms with E-state index in [0.29, 0.717) is 49.1 Å². The van der Waals surface area contributed by atoms with Crippen LogP contribution < -0.4 is 4.74 Å². The lowest BCUT2D eigenvalue weighted by molar-refractivity contribution is -0.149. The number of hydrogen-bond acceptors (Lipinski definition) is 9. The third-order valence-corrected chi connectivity index (χ3v) is 7.21. The van der Waals surface area contributed by atoms with E-state index in [1.165, 1.54) is 15.9 Å². The van der Waals surface area contributed by atoms with Crippen LogP contribution in [0.4, 0.5) is 0 Å². The van der Waals surface area contributed by atoms with Crippen LogP contribution >= 0.6 is 11.3 Å². The molecule has 1 N–H and O–H groups in total. The number of piperidine rings is 1. The van der Waals surface area contributed by atoms with Crippen molar-refractivity contribution in [1.82, 2.24) is 19.5 Å². The van der Waals surface area contributed by atoms with Crippen molar-refractivity contribution in [2.45, 2.75) is 25.8 Å². The molecule has 9 nitrogen and oxygen atoms in total. The maximum atomic E-state index is 12.2. The number of hydrogen-bond donors (Lipinski definition) is 1. The molecule has 34 heavy (non-hydrogen) atoms. The van der Waals surface area contributed by atoms with Crippen LogP contribution in [0.3, 0.4) is 0 Å². The zero-order valence-electron chi connectivity index (χ0n) is 19.0. The smallest absolute Gasteiger partial charge is 0.309 e. The van der Waals surface area contributed by atoms with Gasteiger partial charge in [-0.1, -0.05) is 23.5 Å². The summed E-state index contributed by atoms with van der Waals surface area (Å²) >= 11 is 1.40.